The second kappa shape index (κ2) is 7.01. The van der Waals surface area contributed by atoms with Gasteiger partial charge in [-0.1, -0.05) is 61.5 Å². The van der Waals surface area contributed by atoms with Gasteiger partial charge in [0.05, 0.1) is 0 Å². The number of hydrogen-bond acceptors (Lipinski definition) is 2. The van der Waals surface area contributed by atoms with Crippen LogP contribution >= 0.6 is 0 Å². The first-order chi connectivity index (χ1) is 9.70. The van der Waals surface area contributed by atoms with E-state index in [0.717, 1.165) is 11.1 Å². The molecule has 0 aromatic heterocycles. The molecule has 104 valence electrons. The lowest BCUT2D eigenvalue weighted by molar-refractivity contribution is 0.0920. The van der Waals surface area contributed by atoms with Gasteiger partial charge in [0.2, 0.25) is 0 Å². The molecular weight excluding hydrogens is 248 g/mol. The van der Waals surface area contributed by atoms with Gasteiger partial charge in [-0.05, 0) is 17.0 Å². The van der Waals surface area contributed by atoms with E-state index in [0.29, 0.717) is 13.0 Å². The molecule has 2 rings (SSSR count). The van der Waals surface area contributed by atoms with Crippen LogP contribution in [0.1, 0.15) is 23.7 Å². The van der Waals surface area contributed by atoms with Gasteiger partial charge in [0.15, 0.2) is 5.78 Å². The summed E-state index contributed by atoms with van der Waals surface area (Å²) in [5.41, 5.74) is 3.07. The van der Waals surface area contributed by atoms with Crippen LogP contribution in [0.3, 0.4) is 0 Å². The minimum atomic E-state index is 0.175. The van der Waals surface area contributed by atoms with Crippen LogP contribution in [0.5, 0.6) is 0 Å². The van der Waals surface area contributed by atoms with Crippen molar-refractivity contribution in [2.45, 2.75) is 13.3 Å². The summed E-state index contributed by atoms with van der Waals surface area (Å²) >= 11 is 0. The maximum absolute atomic E-state index is 12.1. The molecule has 0 heterocycles. The summed E-state index contributed by atoms with van der Waals surface area (Å²) in [7, 11) is 1.66. The van der Waals surface area contributed by atoms with Gasteiger partial charge >= 0.3 is 0 Å². The minimum absolute atomic E-state index is 0.175. The monoisotopic (exact) mass is 268 g/mol. The Hall–Kier alpha value is -1.93. The Morgan fingerprint density at radius 1 is 1.00 bits per heavy atom. The Kier molecular flexibility index (Phi) is 5.08. The van der Waals surface area contributed by atoms with Gasteiger partial charge in [-0.15, -0.1) is 0 Å². The maximum Gasteiger partial charge on any atom is 0.163 e. The van der Waals surface area contributed by atoms with Gasteiger partial charge in [-0.2, -0.15) is 0 Å². The number of ether oxygens (including phenoxy) is 1. The quantitative estimate of drug-likeness (QED) is 0.734. The molecule has 0 amide bonds. The first-order valence-corrected chi connectivity index (χ1v) is 6.88. The van der Waals surface area contributed by atoms with E-state index < -0.39 is 0 Å². The molecule has 0 bridgehead atoms. The highest BCUT2D eigenvalue weighted by Crippen LogP contribution is 2.20. The van der Waals surface area contributed by atoms with E-state index >= 15 is 0 Å². The van der Waals surface area contributed by atoms with Crippen LogP contribution in [0.2, 0.25) is 0 Å². The highest BCUT2D eigenvalue weighted by Gasteiger charge is 2.11. The summed E-state index contributed by atoms with van der Waals surface area (Å²) in [6.07, 6.45) is 0.526. The van der Waals surface area contributed by atoms with Crippen LogP contribution < -0.4 is 0 Å². The Morgan fingerprint density at radius 2 is 1.60 bits per heavy atom. The van der Waals surface area contributed by atoms with E-state index in [9.17, 15) is 4.79 Å². The predicted molar refractivity (Wildman–Crippen MR) is 81.9 cm³/mol. The average molecular weight is 268 g/mol. The van der Waals surface area contributed by atoms with Crippen LogP contribution in [-0.2, 0) is 4.74 Å². The topological polar surface area (TPSA) is 26.3 Å². The molecule has 2 heteroatoms. The SMILES string of the molecule is COCC(C)CC(=O)c1ccc(-c2ccccc2)cc1. The molecule has 0 spiro atoms. The zero-order valence-corrected chi connectivity index (χ0v) is 12.0. The molecule has 2 aromatic carbocycles. The largest absolute Gasteiger partial charge is 0.384 e. The molecule has 0 saturated carbocycles. The van der Waals surface area contributed by atoms with Crippen LogP contribution in [-0.4, -0.2) is 19.5 Å². The number of Topliss-reactive ketones (excluding diaryl/α,β-unsaturated/α-hetero) is 1. The highest BCUT2D eigenvalue weighted by molar-refractivity contribution is 5.96. The normalized spacial score (nSPS) is 12.1. The van der Waals surface area contributed by atoms with Gasteiger partial charge in [0.25, 0.3) is 0 Å². The third-order valence-electron chi connectivity index (χ3n) is 3.30. The molecule has 2 aromatic rings. The number of carbonyl (C=O) groups excluding carboxylic acids is 1. The van der Waals surface area contributed by atoms with Crippen LogP contribution in [0.25, 0.3) is 11.1 Å². The lowest BCUT2D eigenvalue weighted by Gasteiger charge is -2.09. The lowest BCUT2D eigenvalue weighted by atomic mass is 9.98. The summed E-state index contributed by atoms with van der Waals surface area (Å²) in [6, 6.07) is 18.0. The Morgan fingerprint density at radius 3 is 2.20 bits per heavy atom. The van der Waals surface area contributed by atoms with Gasteiger partial charge in [-0.3, -0.25) is 4.79 Å². The smallest absolute Gasteiger partial charge is 0.163 e. The standard InChI is InChI=1S/C18H20O2/c1-14(13-20-2)12-18(19)17-10-8-16(9-11-17)15-6-4-3-5-7-15/h3-11,14H,12-13H2,1-2H3. The number of hydrogen-bond donors (Lipinski definition) is 0. The molecule has 1 atom stereocenters. The van der Waals surface area contributed by atoms with E-state index in [1.165, 1.54) is 5.56 Å². The Bertz CT molecular complexity index is 543. The van der Waals surface area contributed by atoms with Crippen molar-refractivity contribution < 1.29 is 9.53 Å². The number of benzene rings is 2. The highest BCUT2D eigenvalue weighted by atomic mass is 16.5. The van der Waals surface area contributed by atoms with Crippen molar-refractivity contribution in [3.05, 3.63) is 60.2 Å². The third kappa shape index (κ3) is 3.78. The molecule has 2 nitrogen and oxygen atoms in total. The molecule has 0 aliphatic rings. The van der Waals surface area contributed by atoms with E-state index in [1.807, 2.05) is 49.4 Å². The summed E-state index contributed by atoms with van der Waals surface area (Å²) in [4.78, 5) is 12.1. The van der Waals surface area contributed by atoms with Gasteiger partial charge in [0, 0.05) is 25.7 Å². The Balaban J connectivity index is 2.07. The number of methoxy groups -OCH3 is 1. The zero-order chi connectivity index (χ0) is 14.4. The molecule has 0 saturated heterocycles. The first kappa shape index (κ1) is 14.5. The van der Waals surface area contributed by atoms with Gasteiger partial charge in [-0.25, -0.2) is 0 Å². The Labute approximate surface area is 120 Å². The fourth-order valence-corrected chi connectivity index (χ4v) is 2.26. The van der Waals surface area contributed by atoms with Gasteiger partial charge in [0.1, 0.15) is 0 Å². The van der Waals surface area contributed by atoms with Crippen molar-refractivity contribution in [2.24, 2.45) is 5.92 Å². The molecule has 0 fully saturated rings. The molecule has 0 radical (unpaired) electrons. The molecule has 0 aliphatic heterocycles. The van der Waals surface area contributed by atoms with Crippen molar-refractivity contribution in [3.8, 4) is 11.1 Å². The summed E-state index contributed by atoms with van der Waals surface area (Å²) in [6.45, 7) is 2.65. The van der Waals surface area contributed by atoms with E-state index in [4.69, 9.17) is 4.74 Å². The summed E-state index contributed by atoms with van der Waals surface area (Å²) in [5, 5.41) is 0. The van der Waals surface area contributed by atoms with Crippen LogP contribution in [0.15, 0.2) is 54.6 Å². The second-order valence-electron chi connectivity index (χ2n) is 5.13. The predicted octanol–water partition coefficient (Wildman–Crippen LogP) is 4.21. The van der Waals surface area contributed by atoms with Gasteiger partial charge < -0.3 is 4.74 Å². The van der Waals surface area contributed by atoms with Crippen molar-refractivity contribution in [1.29, 1.82) is 0 Å². The van der Waals surface area contributed by atoms with E-state index in [1.54, 1.807) is 7.11 Å². The van der Waals surface area contributed by atoms with E-state index in [2.05, 4.69) is 12.1 Å². The number of carbonyl (C=O) groups is 1. The molecule has 0 aliphatic carbocycles. The number of ketones is 1. The lowest BCUT2D eigenvalue weighted by Crippen LogP contribution is -2.10. The molecule has 20 heavy (non-hydrogen) atoms. The summed E-state index contributed by atoms with van der Waals surface area (Å²) in [5.74, 6) is 0.426. The fraction of sp³-hybridized carbons (Fsp3) is 0.278. The fourth-order valence-electron chi connectivity index (χ4n) is 2.26. The molecule has 1 unspecified atom stereocenters. The third-order valence-corrected chi connectivity index (χ3v) is 3.30. The van der Waals surface area contributed by atoms with Crippen molar-refractivity contribution in [3.63, 3.8) is 0 Å². The first-order valence-electron chi connectivity index (χ1n) is 6.88. The summed E-state index contributed by atoms with van der Waals surface area (Å²) < 4.78 is 5.07. The molecule has 0 N–H and O–H groups in total. The maximum atomic E-state index is 12.1. The molecular formula is C18H20O2. The second-order valence-corrected chi connectivity index (χ2v) is 5.13. The average Bonchev–Trinajstić information content (AvgIpc) is 2.48. The van der Waals surface area contributed by atoms with Crippen molar-refractivity contribution >= 4 is 5.78 Å². The minimum Gasteiger partial charge on any atom is -0.384 e. The van der Waals surface area contributed by atoms with E-state index in [-0.39, 0.29) is 11.7 Å². The van der Waals surface area contributed by atoms with Crippen molar-refractivity contribution in [2.75, 3.05) is 13.7 Å². The van der Waals surface area contributed by atoms with Crippen LogP contribution in [0, 0.1) is 5.92 Å². The van der Waals surface area contributed by atoms with Crippen molar-refractivity contribution in [1.82, 2.24) is 0 Å². The number of rotatable bonds is 6. The van der Waals surface area contributed by atoms with Crippen LogP contribution in [0.4, 0.5) is 0 Å². The zero-order valence-electron chi connectivity index (χ0n) is 12.0.